The lowest BCUT2D eigenvalue weighted by Gasteiger charge is -2.02. The number of aliphatic imine (C=N–C) groups is 4. The molecule has 8 nitrogen and oxygen atoms in total. The van der Waals surface area contributed by atoms with Crippen molar-refractivity contribution in [3.8, 4) is 0 Å². The van der Waals surface area contributed by atoms with Crippen molar-refractivity contribution in [1.29, 1.82) is 0 Å². The molecular weight excluding hydrogens is 360 g/mol. The third kappa shape index (κ3) is 5.22. The lowest BCUT2D eigenvalue weighted by Crippen LogP contribution is -1.75. The maximum Gasteiger partial charge on any atom is 0.240 e. The van der Waals surface area contributed by atoms with Crippen molar-refractivity contribution in [1.82, 2.24) is 0 Å². The van der Waals surface area contributed by atoms with Crippen LogP contribution in [-0.4, -0.2) is 24.3 Å². The van der Waals surface area contributed by atoms with E-state index in [0.717, 1.165) is 10.8 Å². The van der Waals surface area contributed by atoms with Gasteiger partial charge in [-0.3, -0.25) is 0 Å². The Morgan fingerprint density at radius 2 is 0.821 bits per heavy atom. The van der Waals surface area contributed by atoms with Crippen molar-refractivity contribution in [2.45, 2.75) is 0 Å². The molecule has 0 radical (unpaired) electrons. The molecule has 0 aromatic heterocycles. The first-order chi connectivity index (χ1) is 13.7. The van der Waals surface area contributed by atoms with Gasteiger partial charge in [-0.15, -0.1) is 0 Å². The Labute approximate surface area is 158 Å². The van der Waals surface area contributed by atoms with Crippen molar-refractivity contribution < 1.29 is 19.2 Å². The third-order valence-electron chi connectivity index (χ3n) is 3.41. The van der Waals surface area contributed by atoms with Gasteiger partial charge in [-0.05, 0) is 36.4 Å². The summed E-state index contributed by atoms with van der Waals surface area (Å²) < 4.78 is 0. The summed E-state index contributed by atoms with van der Waals surface area (Å²) in [5.41, 5.74) is 1.98. The van der Waals surface area contributed by atoms with Gasteiger partial charge in [0.1, 0.15) is 0 Å². The van der Waals surface area contributed by atoms with E-state index in [1.54, 1.807) is 60.7 Å². The van der Waals surface area contributed by atoms with Crippen LogP contribution in [0.15, 0.2) is 80.6 Å². The highest BCUT2D eigenvalue weighted by Gasteiger charge is 2.03. The standard InChI is InChI=1S/C12H6N2O2.C8H4N2O2/c15-7-13-11-5-1-3-9-10(11)4-2-6-12(9)14-8-16;11-5-9-7-1-2-8(4-3-7)10-6-12/h1-6H;1-4H. The van der Waals surface area contributed by atoms with Crippen LogP contribution in [0.5, 0.6) is 0 Å². The first-order valence-electron chi connectivity index (χ1n) is 7.66. The Morgan fingerprint density at radius 1 is 0.464 bits per heavy atom. The molecule has 28 heavy (non-hydrogen) atoms. The summed E-state index contributed by atoms with van der Waals surface area (Å²) in [5, 5.41) is 1.50. The van der Waals surface area contributed by atoms with Gasteiger partial charge in [0, 0.05) is 10.8 Å². The Hall–Kier alpha value is -4.56. The Bertz CT molecular complexity index is 1080. The Kier molecular flexibility index (Phi) is 7.36. The van der Waals surface area contributed by atoms with E-state index in [4.69, 9.17) is 0 Å². The molecule has 134 valence electrons. The predicted molar refractivity (Wildman–Crippen MR) is 102 cm³/mol. The van der Waals surface area contributed by atoms with Crippen molar-refractivity contribution >= 4 is 57.8 Å². The van der Waals surface area contributed by atoms with Gasteiger partial charge in [-0.2, -0.15) is 20.0 Å². The van der Waals surface area contributed by atoms with Gasteiger partial charge in [0.2, 0.25) is 24.3 Å². The zero-order valence-corrected chi connectivity index (χ0v) is 14.2. The highest BCUT2D eigenvalue weighted by atomic mass is 16.1. The highest BCUT2D eigenvalue weighted by Crippen LogP contribution is 2.31. The molecule has 0 saturated heterocycles. The van der Waals surface area contributed by atoms with Crippen LogP contribution in [0.2, 0.25) is 0 Å². The summed E-state index contributed by atoms with van der Waals surface area (Å²) in [6.07, 6.45) is 5.79. The molecule has 0 aliphatic carbocycles. The van der Waals surface area contributed by atoms with Crippen molar-refractivity contribution in [3.63, 3.8) is 0 Å². The van der Waals surface area contributed by atoms with E-state index in [0.29, 0.717) is 22.7 Å². The molecule has 0 fully saturated rings. The summed E-state index contributed by atoms with van der Waals surface area (Å²) in [6.45, 7) is 0. The Morgan fingerprint density at radius 3 is 1.14 bits per heavy atom. The van der Waals surface area contributed by atoms with Gasteiger partial charge in [0.25, 0.3) is 0 Å². The second kappa shape index (κ2) is 10.4. The molecular formula is C20H10N4O4. The van der Waals surface area contributed by atoms with Gasteiger partial charge in [0.05, 0.1) is 22.7 Å². The van der Waals surface area contributed by atoms with E-state index >= 15 is 0 Å². The summed E-state index contributed by atoms with van der Waals surface area (Å²) in [6, 6.07) is 16.7. The topological polar surface area (TPSA) is 118 Å². The van der Waals surface area contributed by atoms with Crippen LogP contribution in [0.1, 0.15) is 0 Å². The molecule has 0 aliphatic heterocycles. The van der Waals surface area contributed by atoms with Crippen LogP contribution in [0.4, 0.5) is 22.7 Å². The van der Waals surface area contributed by atoms with E-state index < -0.39 is 0 Å². The summed E-state index contributed by atoms with van der Waals surface area (Å²) in [5.74, 6) is 0. The fourth-order valence-electron chi connectivity index (χ4n) is 2.28. The predicted octanol–water partition coefficient (Wildman–Crippen LogP) is 4.40. The van der Waals surface area contributed by atoms with Crippen LogP contribution < -0.4 is 0 Å². The van der Waals surface area contributed by atoms with Crippen molar-refractivity contribution in [3.05, 3.63) is 60.7 Å². The molecule has 3 aromatic rings. The normalized spacial score (nSPS) is 8.71. The van der Waals surface area contributed by atoms with E-state index in [-0.39, 0.29) is 0 Å². The van der Waals surface area contributed by atoms with E-state index in [1.165, 1.54) is 24.3 Å². The van der Waals surface area contributed by atoms with E-state index in [1.807, 2.05) is 0 Å². The molecule has 0 aliphatic rings. The number of hydrogen-bond acceptors (Lipinski definition) is 8. The minimum atomic E-state index is 0.481. The maximum atomic E-state index is 10.3. The quantitative estimate of drug-likeness (QED) is 0.499. The monoisotopic (exact) mass is 370 g/mol. The SMILES string of the molecule is O=C=Nc1ccc(N=C=O)cc1.O=C=Nc1cccc2c(N=C=O)cccc12. The van der Waals surface area contributed by atoms with Crippen LogP contribution in [0, 0.1) is 0 Å². The molecule has 0 atom stereocenters. The number of benzene rings is 3. The third-order valence-corrected chi connectivity index (χ3v) is 3.41. The van der Waals surface area contributed by atoms with Gasteiger partial charge < -0.3 is 0 Å². The fourth-order valence-corrected chi connectivity index (χ4v) is 2.28. The molecule has 3 aromatic carbocycles. The molecule has 8 heteroatoms. The van der Waals surface area contributed by atoms with Crippen LogP contribution in [0.25, 0.3) is 10.8 Å². The van der Waals surface area contributed by atoms with Gasteiger partial charge >= 0.3 is 0 Å². The molecule has 3 rings (SSSR count). The van der Waals surface area contributed by atoms with Crippen molar-refractivity contribution in [2.24, 2.45) is 20.0 Å². The first-order valence-corrected chi connectivity index (χ1v) is 7.66. The lowest BCUT2D eigenvalue weighted by atomic mass is 10.1. The number of carbonyl (C=O) groups excluding carboxylic acids is 4. The zero-order chi connectivity index (χ0) is 20.2. The highest BCUT2D eigenvalue weighted by molar-refractivity contribution is 6.00. The number of hydrogen-bond donors (Lipinski definition) is 0. The lowest BCUT2D eigenvalue weighted by molar-refractivity contribution is 0.564. The summed E-state index contributed by atoms with van der Waals surface area (Å²) >= 11 is 0. The van der Waals surface area contributed by atoms with Crippen molar-refractivity contribution in [2.75, 3.05) is 0 Å². The van der Waals surface area contributed by atoms with E-state index in [9.17, 15) is 19.2 Å². The molecule has 0 N–H and O–H groups in total. The largest absolute Gasteiger partial charge is 0.240 e. The molecule has 0 bridgehead atoms. The number of fused-ring (bicyclic) bond motifs is 1. The molecule has 0 spiro atoms. The zero-order valence-electron chi connectivity index (χ0n) is 14.2. The summed E-state index contributed by atoms with van der Waals surface area (Å²) in [4.78, 5) is 54.0. The maximum absolute atomic E-state index is 10.3. The van der Waals surface area contributed by atoms with Gasteiger partial charge in [-0.1, -0.05) is 24.3 Å². The minimum absolute atomic E-state index is 0.481. The fraction of sp³-hybridized carbons (Fsp3) is 0. The average molecular weight is 370 g/mol. The van der Waals surface area contributed by atoms with Crippen LogP contribution in [0.3, 0.4) is 0 Å². The van der Waals surface area contributed by atoms with Crippen LogP contribution in [-0.2, 0) is 19.2 Å². The molecule has 0 unspecified atom stereocenters. The minimum Gasteiger partial charge on any atom is -0.211 e. The molecule has 0 heterocycles. The second-order valence-corrected chi connectivity index (χ2v) is 4.98. The van der Waals surface area contributed by atoms with E-state index in [2.05, 4.69) is 20.0 Å². The van der Waals surface area contributed by atoms with Crippen LogP contribution >= 0.6 is 0 Å². The summed E-state index contributed by atoms with van der Waals surface area (Å²) in [7, 11) is 0. The first kappa shape index (κ1) is 19.8. The number of isocyanates is 4. The average Bonchev–Trinajstić information content (AvgIpc) is 2.72. The second-order valence-electron chi connectivity index (χ2n) is 4.98. The number of nitrogens with zero attached hydrogens (tertiary/aromatic N) is 4. The molecule has 0 amide bonds. The Balaban J connectivity index is 0.000000209. The van der Waals surface area contributed by atoms with Gasteiger partial charge in [-0.25, -0.2) is 19.2 Å². The number of rotatable bonds is 4. The molecule has 0 saturated carbocycles. The smallest absolute Gasteiger partial charge is 0.211 e. The van der Waals surface area contributed by atoms with Gasteiger partial charge in [0.15, 0.2) is 0 Å².